The molecule has 2 unspecified atom stereocenters. The lowest BCUT2D eigenvalue weighted by Gasteiger charge is -2.34. The van der Waals surface area contributed by atoms with Crippen molar-refractivity contribution in [3.63, 3.8) is 0 Å². The first kappa shape index (κ1) is 14.4. The van der Waals surface area contributed by atoms with Crippen molar-refractivity contribution in [2.75, 3.05) is 19.6 Å². The zero-order valence-electron chi connectivity index (χ0n) is 12.9. The lowest BCUT2D eigenvalue weighted by molar-refractivity contribution is -0.123. The molecular formula is C17H30N2O. The highest BCUT2D eigenvalue weighted by Crippen LogP contribution is 2.49. The van der Waals surface area contributed by atoms with Gasteiger partial charge in [0.2, 0.25) is 5.91 Å². The molecule has 3 fully saturated rings. The first-order valence-corrected chi connectivity index (χ1v) is 8.66. The van der Waals surface area contributed by atoms with E-state index in [2.05, 4.69) is 17.6 Å². The van der Waals surface area contributed by atoms with Crippen LogP contribution in [-0.2, 0) is 4.79 Å². The van der Waals surface area contributed by atoms with Crippen LogP contribution in [0.5, 0.6) is 0 Å². The molecule has 1 aliphatic heterocycles. The monoisotopic (exact) mass is 278 g/mol. The lowest BCUT2D eigenvalue weighted by Crippen LogP contribution is -2.43. The fourth-order valence-corrected chi connectivity index (χ4v) is 4.24. The quantitative estimate of drug-likeness (QED) is 0.830. The molecule has 3 rings (SSSR count). The van der Waals surface area contributed by atoms with Crippen LogP contribution in [0.2, 0.25) is 0 Å². The van der Waals surface area contributed by atoms with E-state index in [4.69, 9.17) is 0 Å². The van der Waals surface area contributed by atoms with Crippen LogP contribution in [-0.4, -0.2) is 25.5 Å². The standard InChI is InChI=1S/C17H30N2O/c1-17(7-9-18-10-8-17)12-19-16(20)15-11-14(15)13-5-3-2-4-6-13/h13-15,18H,2-12H2,1H3,(H,19,20). The third-order valence-electron chi connectivity index (χ3n) is 5.93. The Bertz CT molecular complexity index is 343. The number of rotatable bonds is 4. The number of amides is 1. The van der Waals surface area contributed by atoms with Crippen LogP contribution in [0, 0.1) is 23.2 Å². The number of carbonyl (C=O) groups is 1. The minimum Gasteiger partial charge on any atom is -0.355 e. The zero-order chi connectivity index (χ0) is 14.0. The van der Waals surface area contributed by atoms with Crippen LogP contribution in [0.4, 0.5) is 0 Å². The molecule has 114 valence electrons. The van der Waals surface area contributed by atoms with E-state index in [1.54, 1.807) is 0 Å². The average Bonchev–Trinajstić information content (AvgIpc) is 3.27. The van der Waals surface area contributed by atoms with Gasteiger partial charge in [-0.05, 0) is 49.6 Å². The third-order valence-corrected chi connectivity index (χ3v) is 5.93. The molecule has 0 radical (unpaired) electrons. The molecule has 0 aromatic heterocycles. The van der Waals surface area contributed by atoms with Gasteiger partial charge in [-0.2, -0.15) is 0 Å². The molecule has 2 N–H and O–H groups in total. The molecule has 2 aliphatic carbocycles. The van der Waals surface area contributed by atoms with E-state index in [1.165, 1.54) is 44.9 Å². The first-order chi connectivity index (χ1) is 9.68. The highest BCUT2D eigenvalue weighted by Gasteiger charge is 2.47. The molecule has 3 aliphatic rings. The van der Waals surface area contributed by atoms with Crippen LogP contribution in [0.25, 0.3) is 0 Å². The van der Waals surface area contributed by atoms with Crippen molar-refractivity contribution < 1.29 is 4.79 Å². The fourth-order valence-electron chi connectivity index (χ4n) is 4.24. The van der Waals surface area contributed by atoms with Gasteiger partial charge in [0.15, 0.2) is 0 Å². The maximum Gasteiger partial charge on any atom is 0.223 e. The molecule has 1 saturated heterocycles. The summed E-state index contributed by atoms with van der Waals surface area (Å²) in [7, 11) is 0. The van der Waals surface area contributed by atoms with Gasteiger partial charge in [-0.1, -0.05) is 39.0 Å². The summed E-state index contributed by atoms with van der Waals surface area (Å²) in [4.78, 5) is 12.3. The number of carbonyl (C=O) groups excluding carboxylic acids is 1. The van der Waals surface area contributed by atoms with Crippen molar-refractivity contribution in [1.29, 1.82) is 0 Å². The number of piperidine rings is 1. The summed E-state index contributed by atoms with van der Waals surface area (Å²) in [5.41, 5.74) is 0.316. The Hall–Kier alpha value is -0.570. The van der Waals surface area contributed by atoms with Crippen molar-refractivity contribution in [3.05, 3.63) is 0 Å². The van der Waals surface area contributed by atoms with E-state index in [1.807, 2.05) is 0 Å². The molecule has 3 nitrogen and oxygen atoms in total. The van der Waals surface area contributed by atoms with Crippen LogP contribution in [0.3, 0.4) is 0 Å². The molecular weight excluding hydrogens is 248 g/mol. The molecule has 0 aromatic rings. The SMILES string of the molecule is CC1(CNC(=O)C2CC2C2CCCCC2)CCNCC1. The molecule has 2 atom stereocenters. The van der Waals surface area contributed by atoms with E-state index >= 15 is 0 Å². The maximum absolute atomic E-state index is 12.3. The van der Waals surface area contributed by atoms with Gasteiger partial charge in [0.05, 0.1) is 0 Å². The molecule has 0 bridgehead atoms. The lowest BCUT2D eigenvalue weighted by atomic mass is 9.81. The maximum atomic E-state index is 12.3. The Labute approximate surface area is 123 Å². The highest BCUT2D eigenvalue weighted by atomic mass is 16.2. The second kappa shape index (κ2) is 6.05. The summed E-state index contributed by atoms with van der Waals surface area (Å²) < 4.78 is 0. The van der Waals surface area contributed by atoms with Crippen molar-refractivity contribution in [3.8, 4) is 0 Å². The molecule has 2 saturated carbocycles. The van der Waals surface area contributed by atoms with E-state index in [0.717, 1.165) is 37.9 Å². The zero-order valence-corrected chi connectivity index (χ0v) is 12.9. The summed E-state index contributed by atoms with van der Waals surface area (Å²) >= 11 is 0. The van der Waals surface area contributed by atoms with E-state index in [-0.39, 0.29) is 0 Å². The summed E-state index contributed by atoms with van der Waals surface area (Å²) in [5.74, 6) is 2.27. The minimum absolute atomic E-state index is 0.316. The topological polar surface area (TPSA) is 41.1 Å². The van der Waals surface area contributed by atoms with Crippen LogP contribution in [0.15, 0.2) is 0 Å². The van der Waals surface area contributed by atoms with Crippen LogP contribution in [0.1, 0.15) is 58.3 Å². The van der Waals surface area contributed by atoms with Gasteiger partial charge in [0.25, 0.3) is 0 Å². The Morgan fingerprint density at radius 3 is 2.60 bits per heavy atom. The Morgan fingerprint density at radius 1 is 1.20 bits per heavy atom. The van der Waals surface area contributed by atoms with Crippen molar-refractivity contribution in [2.45, 2.75) is 58.3 Å². The first-order valence-electron chi connectivity index (χ1n) is 8.66. The largest absolute Gasteiger partial charge is 0.355 e. The van der Waals surface area contributed by atoms with Crippen molar-refractivity contribution in [2.24, 2.45) is 23.2 Å². The average molecular weight is 278 g/mol. The summed E-state index contributed by atoms with van der Waals surface area (Å²) in [6.07, 6.45) is 10.5. The molecule has 0 spiro atoms. The molecule has 1 amide bonds. The summed E-state index contributed by atoms with van der Waals surface area (Å²) in [5, 5.41) is 6.66. The molecule has 3 heteroatoms. The van der Waals surface area contributed by atoms with Gasteiger partial charge in [-0.3, -0.25) is 4.79 Å². The molecule has 20 heavy (non-hydrogen) atoms. The van der Waals surface area contributed by atoms with Gasteiger partial charge < -0.3 is 10.6 Å². The fraction of sp³-hybridized carbons (Fsp3) is 0.941. The van der Waals surface area contributed by atoms with Gasteiger partial charge >= 0.3 is 0 Å². The van der Waals surface area contributed by atoms with Crippen LogP contribution >= 0.6 is 0 Å². The van der Waals surface area contributed by atoms with Crippen LogP contribution < -0.4 is 10.6 Å². The Morgan fingerprint density at radius 2 is 1.90 bits per heavy atom. The third kappa shape index (κ3) is 3.36. The van der Waals surface area contributed by atoms with Gasteiger partial charge in [-0.15, -0.1) is 0 Å². The Balaban J connectivity index is 1.41. The molecule has 1 heterocycles. The number of hydrogen-bond acceptors (Lipinski definition) is 2. The smallest absolute Gasteiger partial charge is 0.223 e. The normalized spacial score (nSPS) is 33.6. The predicted molar refractivity (Wildman–Crippen MR) is 81.4 cm³/mol. The highest BCUT2D eigenvalue weighted by molar-refractivity contribution is 5.81. The van der Waals surface area contributed by atoms with Gasteiger partial charge in [0, 0.05) is 12.5 Å². The van der Waals surface area contributed by atoms with E-state index in [0.29, 0.717) is 17.2 Å². The van der Waals surface area contributed by atoms with Gasteiger partial charge in [0.1, 0.15) is 0 Å². The number of hydrogen-bond donors (Lipinski definition) is 2. The summed E-state index contributed by atoms with van der Waals surface area (Å²) in [6.45, 7) is 5.39. The van der Waals surface area contributed by atoms with E-state index in [9.17, 15) is 4.79 Å². The van der Waals surface area contributed by atoms with Gasteiger partial charge in [-0.25, -0.2) is 0 Å². The Kier molecular flexibility index (Phi) is 4.34. The molecule has 0 aromatic carbocycles. The predicted octanol–water partition coefficient (Wildman–Crippen LogP) is 2.71. The number of nitrogens with one attached hydrogen (secondary N) is 2. The summed E-state index contributed by atoms with van der Waals surface area (Å²) in [6, 6.07) is 0. The van der Waals surface area contributed by atoms with Crippen molar-refractivity contribution in [1.82, 2.24) is 10.6 Å². The van der Waals surface area contributed by atoms with Crippen molar-refractivity contribution >= 4 is 5.91 Å². The van der Waals surface area contributed by atoms with E-state index < -0.39 is 0 Å². The second-order valence-electron chi connectivity index (χ2n) is 7.68. The second-order valence-corrected chi connectivity index (χ2v) is 7.68. The minimum atomic E-state index is 0.316.